The van der Waals surface area contributed by atoms with Crippen LogP contribution >= 0.6 is 0 Å². The summed E-state index contributed by atoms with van der Waals surface area (Å²) in [6.07, 6.45) is 0.621. The maximum atomic E-state index is 13.4. The van der Waals surface area contributed by atoms with Gasteiger partial charge < -0.3 is 24.4 Å². The number of aliphatic hydroxyl groups excluding tert-OH is 1. The fourth-order valence-corrected chi connectivity index (χ4v) is 4.53. The molecule has 1 atom stereocenters. The lowest BCUT2D eigenvalue weighted by Gasteiger charge is -2.26. The summed E-state index contributed by atoms with van der Waals surface area (Å²) in [5.74, 6) is 0.249. The molecule has 7 heteroatoms. The topological polar surface area (TPSA) is 79.3 Å². The predicted molar refractivity (Wildman–Crippen MR) is 147 cm³/mol. The van der Waals surface area contributed by atoms with Crippen molar-refractivity contribution in [3.63, 3.8) is 0 Å². The molecule has 1 amide bonds. The van der Waals surface area contributed by atoms with Gasteiger partial charge >= 0.3 is 0 Å². The van der Waals surface area contributed by atoms with Crippen LogP contribution in [0, 0.1) is 0 Å². The van der Waals surface area contributed by atoms with E-state index >= 15 is 0 Å². The Hall–Kier alpha value is -4.10. The molecule has 7 nitrogen and oxygen atoms in total. The first-order chi connectivity index (χ1) is 18.2. The molecule has 0 spiro atoms. The van der Waals surface area contributed by atoms with Gasteiger partial charge in [-0.15, -0.1) is 0 Å². The van der Waals surface area contributed by atoms with Crippen molar-refractivity contribution in [3.05, 3.63) is 95.6 Å². The highest BCUT2D eigenvalue weighted by Gasteiger charge is 2.46. The zero-order valence-electron chi connectivity index (χ0n) is 22.3. The highest BCUT2D eigenvalue weighted by molar-refractivity contribution is 6.46. The van der Waals surface area contributed by atoms with E-state index in [0.29, 0.717) is 41.3 Å². The SMILES string of the molecule is CC(C)Oc1cccc(/C(O)=C2/C(=O)C(=O)N(CCCN(C)C)C2c2cccc(Oc3ccccc3)c2)c1. The first-order valence-corrected chi connectivity index (χ1v) is 12.8. The van der Waals surface area contributed by atoms with Gasteiger partial charge in [-0.3, -0.25) is 9.59 Å². The standard InChI is InChI=1S/C31H34N2O5/c1-21(2)37-25-15-9-12-23(20-25)29(34)27-28(33(31(36)30(27)35)18-10-17-32(3)4)22-11-8-16-26(19-22)38-24-13-6-5-7-14-24/h5-9,11-16,19-21,28,34H,10,17-18H2,1-4H3/b29-27-. The Labute approximate surface area is 223 Å². The van der Waals surface area contributed by atoms with Gasteiger partial charge in [-0.2, -0.15) is 0 Å². The molecule has 1 unspecified atom stereocenters. The quantitative estimate of drug-likeness (QED) is 0.214. The number of rotatable bonds is 10. The minimum absolute atomic E-state index is 0.0537. The van der Waals surface area contributed by atoms with Crippen LogP contribution < -0.4 is 9.47 Å². The summed E-state index contributed by atoms with van der Waals surface area (Å²) in [5.41, 5.74) is 1.15. The van der Waals surface area contributed by atoms with Crippen LogP contribution in [-0.4, -0.2) is 59.9 Å². The molecule has 4 rings (SSSR count). The van der Waals surface area contributed by atoms with Gasteiger partial charge in [-0.05, 0) is 82.9 Å². The van der Waals surface area contributed by atoms with Crippen LogP contribution in [0.3, 0.4) is 0 Å². The average Bonchev–Trinajstić information content (AvgIpc) is 3.14. The summed E-state index contributed by atoms with van der Waals surface area (Å²) in [5, 5.41) is 11.4. The van der Waals surface area contributed by atoms with Crippen molar-refractivity contribution >= 4 is 17.4 Å². The minimum atomic E-state index is -0.758. The lowest BCUT2D eigenvalue weighted by molar-refractivity contribution is -0.139. The fourth-order valence-electron chi connectivity index (χ4n) is 4.53. The molecule has 1 N–H and O–H groups in total. The Balaban J connectivity index is 1.77. The molecule has 3 aromatic rings. The maximum absolute atomic E-state index is 13.4. The van der Waals surface area contributed by atoms with E-state index in [1.54, 1.807) is 29.2 Å². The van der Waals surface area contributed by atoms with E-state index in [0.717, 1.165) is 6.54 Å². The second-order valence-electron chi connectivity index (χ2n) is 9.83. The van der Waals surface area contributed by atoms with Gasteiger partial charge in [0.25, 0.3) is 11.7 Å². The summed E-state index contributed by atoms with van der Waals surface area (Å²) in [6.45, 7) is 4.94. The van der Waals surface area contributed by atoms with Crippen molar-refractivity contribution in [2.24, 2.45) is 0 Å². The van der Waals surface area contributed by atoms with E-state index in [4.69, 9.17) is 9.47 Å². The van der Waals surface area contributed by atoms with Gasteiger partial charge in [0.2, 0.25) is 0 Å². The monoisotopic (exact) mass is 514 g/mol. The Bertz CT molecular complexity index is 1320. The van der Waals surface area contributed by atoms with Crippen LogP contribution in [0.5, 0.6) is 17.2 Å². The number of amides is 1. The number of aliphatic hydroxyl groups is 1. The largest absolute Gasteiger partial charge is 0.507 e. The van der Waals surface area contributed by atoms with Gasteiger partial charge in [-0.25, -0.2) is 0 Å². The molecular formula is C31H34N2O5. The number of para-hydroxylation sites is 1. The van der Waals surface area contributed by atoms with Crippen LogP contribution in [0.4, 0.5) is 0 Å². The van der Waals surface area contributed by atoms with Gasteiger partial charge in [0.05, 0.1) is 17.7 Å². The first-order valence-electron chi connectivity index (χ1n) is 12.8. The Morgan fingerprint density at radius 1 is 0.921 bits per heavy atom. The van der Waals surface area contributed by atoms with Crippen molar-refractivity contribution in [1.82, 2.24) is 9.80 Å². The van der Waals surface area contributed by atoms with Crippen LogP contribution in [0.25, 0.3) is 5.76 Å². The zero-order chi connectivity index (χ0) is 27.2. The predicted octanol–water partition coefficient (Wildman–Crippen LogP) is 5.64. The molecule has 0 bridgehead atoms. The molecule has 0 aromatic heterocycles. The molecule has 38 heavy (non-hydrogen) atoms. The van der Waals surface area contributed by atoms with Crippen LogP contribution in [-0.2, 0) is 9.59 Å². The number of carbonyl (C=O) groups excluding carboxylic acids is 2. The van der Waals surface area contributed by atoms with Crippen molar-refractivity contribution in [2.75, 3.05) is 27.2 Å². The minimum Gasteiger partial charge on any atom is -0.507 e. The summed E-state index contributed by atoms with van der Waals surface area (Å²) in [4.78, 5) is 30.2. The molecule has 3 aromatic carbocycles. The van der Waals surface area contributed by atoms with E-state index in [-0.39, 0.29) is 17.4 Å². The third kappa shape index (κ3) is 6.23. The third-order valence-corrected chi connectivity index (χ3v) is 6.18. The van der Waals surface area contributed by atoms with Crippen molar-refractivity contribution in [1.29, 1.82) is 0 Å². The number of hydrogen-bond donors (Lipinski definition) is 1. The van der Waals surface area contributed by atoms with E-state index in [2.05, 4.69) is 0 Å². The zero-order valence-corrected chi connectivity index (χ0v) is 22.3. The highest BCUT2D eigenvalue weighted by Crippen LogP contribution is 2.41. The van der Waals surface area contributed by atoms with Gasteiger partial charge in [-0.1, -0.05) is 42.5 Å². The Morgan fingerprint density at radius 3 is 2.32 bits per heavy atom. The molecule has 0 saturated carbocycles. The number of likely N-dealkylation sites (tertiary alicyclic amines) is 1. The van der Waals surface area contributed by atoms with Crippen molar-refractivity contribution < 1.29 is 24.2 Å². The summed E-state index contributed by atoms with van der Waals surface area (Å²) < 4.78 is 11.8. The molecule has 1 heterocycles. The number of Topliss-reactive ketones (excluding diaryl/α,β-unsaturated/α-hetero) is 1. The number of benzene rings is 3. The van der Waals surface area contributed by atoms with E-state index < -0.39 is 17.7 Å². The molecule has 1 fully saturated rings. The highest BCUT2D eigenvalue weighted by atomic mass is 16.5. The molecule has 0 radical (unpaired) electrons. The Kier molecular flexibility index (Phi) is 8.48. The lowest BCUT2D eigenvalue weighted by Crippen LogP contribution is -2.32. The van der Waals surface area contributed by atoms with Crippen molar-refractivity contribution in [2.45, 2.75) is 32.4 Å². The van der Waals surface area contributed by atoms with Crippen molar-refractivity contribution in [3.8, 4) is 17.2 Å². The maximum Gasteiger partial charge on any atom is 0.295 e. The van der Waals surface area contributed by atoms with E-state index in [1.165, 1.54) is 0 Å². The fraction of sp³-hybridized carbons (Fsp3) is 0.290. The van der Waals surface area contributed by atoms with Crippen LogP contribution in [0.15, 0.2) is 84.4 Å². The Morgan fingerprint density at radius 2 is 1.61 bits per heavy atom. The number of hydrogen-bond acceptors (Lipinski definition) is 6. The van der Waals surface area contributed by atoms with Gasteiger partial charge in [0.15, 0.2) is 0 Å². The molecule has 0 aliphatic carbocycles. The third-order valence-electron chi connectivity index (χ3n) is 6.18. The normalized spacial score (nSPS) is 16.9. The molecule has 1 aliphatic heterocycles. The summed E-state index contributed by atoms with van der Waals surface area (Å²) in [7, 11) is 3.92. The second kappa shape index (κ2) is 12.0. The summed E-state index contributed by atoms with van der Waals surface area (Å²) in [6, 6.07) is 22.9. The van der Waals surface area contributed by atoms with Gasteiger partial charge in [0.1, 0.15) is 23.0 Å². The number of carbonyl (C=O) groups is 2. The second-order valence-corrected chi connectivity index (χ2v) is 9.83. The van der Waals surface area contributed by atoms with E-state index in [1.807, 2.05) is 87.4 Å². The number of ketones is 1. The molecular weight excluding hydrogens is 480 g/mol. The molecule has 1 saturated heterocycles. The van der Waals surface area contributed by atoms with Gasteiger partial charge in [0, 0.05) is 12.1 Å². The van der Waals surface area contributed by atoms with Crippen LogP contribution in [0.2, 0.25) is 0 Å². The van der Waals surface area contributed by atoms with Crippen LogP contribution in [0.1, 0.15) is 37.4 Å². The first kappa shape index (κ1) is 26.9. The lowest BCUT2D eigenvalue weighted by atomic mass is 9.95. The van der Waals surface area contributed by atoms with E-state index in [9.17, 15) is 14.7 Å². The number of ether oxygens (including phenoxy) is 2. The number of nitrogens with zero attached hydrogens (tertiary/aromatic N) is 2. The smallest absolute Gasteiger partial charge is 0.295 e. The average molecular weight is 515 g/mol. The molecule has 1 aliphatic rings. The molecule has 198 valence electrons. The summed E-state index contributed by atoms with van der Waals surface area (Å²) >= 11 is 0.